The highest BCUT2D eigenvalue weighted by molar-refractivity contribution is 7.99. The number of sulfone groups is 1. The fourth-order valence-corrected chi connectivity index (χ4v) is 5.50. The molecule has 4 rings (SSSR count). The second-order valence-corrected chi connectivity index (χ2v) is 8.30. The van der Waals surface area contributed by atoms with Crippen molar-refractivity contribution in [1.82, 2.24) is 14.6 Å². The Morgan fingerprint density at radius 1 is 1.29 bits per heavy atom. The molecule has 0 bridgehead atoms. The minimum absolute atomic E-state index is 0.0512. The maximum absolute atomic E-state index is 13.5. The van der Waals surface area contributed by atoms with E-state index in [0.717, 1.165) is 36.6 Å². The van der Waals surface area contributed by atoms with E-state index < -0.39 is 15.7 Å². The molecule has 1 aliphatic carbocycles. The van der Waals surface area contributed by atoms with E-state index in [1.807, 2.05) is 0 Å². The Hall–Kier alpha value is -1.93. The van der Waals surface area contributed by atoms with Crippen molar-refractivity contribution in [3.63, 3.8) is 0 Å². The van der Waals surface area contributed by atoms with Gasteiger partial charge in [0.25, 0.3) is 0 Å². The standard InChI is InChI=1S/C16H14FN3O2S2/c1-23-16-14(24(21,22)12-6-3-5-11(17)8-12)15-18-9-10-4-2-7-13(10)20(15)19-16/h3,5-6,8-9H,2,4,7H2,1H3. The summed E-state index contributed by atoms with van der Waals surface area (Å²) in [5.74, 6) is -0.591. The van der Waals surface area contributed by atoms with Crippen molar-refractivity contribution in [3.8, 4) is 0 Å². The van der Waals surface area contributed by atoms with Gasteiger partial charge in [-0.25, -0.2) is 22.3 Å². The van der Waals surface area contributed by atoms with Crippen LogP contribution in [-0.4, -0.2) is 29.3 Å². The van der Waals surface area contributed by atoms with Crippen LogP contribution in [0.5, 0.6) is 0 Å². The third-order valence-corrected chi connectivity index (χ3v) is 6.78. The molecule has 3 aromatic rings. The highest BCUT2D eigenvalue weighted by Crippen LogP contribution is 2.34. The molecule has 124 valence electrons. The largest absolute Gasteiger partial charge is 0.236 e. The Morgan fingerprint density at radius 3 is 2.88 bits per heavy atom. The van der Waals surface area contributed by atoms with E-state index in [9.17, 15) is 12.8 Å². The van der Waals surface area contributed by atoms with Gasteiger partial charge in [0.15, 0.2) is 10.5 Å². The van der Waals surface area contributed by atoms with E-state index in [-0.39, 0.29) is 9.79 Å². The number of thioether (sulfide) groups is 1. The molecule has 0 aliphatic heterocycles. The van der Waals surface area contributed by atoms with Gasteiger partial charge in [-0.1, -0.05) is 6.07 Å². The predicted molar refractivity (Wildman–Crippen MR) is 88.6 cm³/mol. The van der Waals surface area contributed by atoms with E-state index >= 15 is 0 Å². The lowest BCUT2D eigenvalue weighted by atomic mass is 10.3. The Kier molecular flexibility index (Phi) is 3.61. The maximum Gasteiger partial charge on any atom is 0.213 e. The SMILES string of the molecule is CSc1nn2c3c(cnc2c1S(=O)(=O)c1cccc(F)c1)CCC3. The number of aryl methyl sites for hydroxylation is 2. The highest BCUT2D eigenvalue weighted by Gasteiger charge is 2.30. The van der Waals surface area contributed by atoms with Gasteiger partial charge in [0.05, 0.1) is 4.90 Å². The van der Waals surface area contributed by atoms with Gasteiger partial charge >= 0.3 is 0 Å². The topological polar surface area (TPSA) is 64.3 Å². The fraction of sp³-hybridized carbons (Fsp3) is 0.250. The van der Waals surface area contributed by atoms with E-state index in [1.54, 1.807) is 17.0 Å². The summed E-state index contributed by atoms with van der Waals surface area (Å²) >= 11 is 1.25. The van der Waals surface area contributed by atoms with Crippen LogP contribution in [0.3, 0.4) is 0 Å². The molecule has 1 aliphatic rings. The summed E-state index contributed by atoms with van der Waals surface area (Å²) in [6.07, 6.45) is 6.29. The van der Waals surface area contributed by atoms with Crippen LogP contribution >= 0.6 is 11.8 Å². The van der Waals surface area contributed by atoms with Crippen molar-refractivity contribution in [3.05, 3.63) is 47.5 Å². The molecule has 24 heavy (non-hydrogen) atoms. The van der Waals surface area contributed by atoms with Gasteiger partial charge in [0.1, 0.15) is 10.8 Å². The van der Waals surface area contributed by atoms with E-state index in [2.05, 4.69) is 10.1 Å². The Morgan fingerprint density at radius 2 is 2.12 bits per heavy atom. The van der Waals surface area contributed by atoms with Crippen LogP contribution in [0.1, 0.15) is 17.7 Å². The number of nitrogens with zero attached hydrogens (tertiary/aromatic N) is 3. The van der Waals surface area contributed by atoms with Gasteiger partial charge in [0, 0.05) is 11.9 Å². The predicted octanol–water partition coefficient (Wildman–Crippen LogP) is 2.91. The molecule has 2 heterocycles. The average Bonchev–Trinajstić information content (AvgIpc) is 3.18. The monoisotopic (exact) mass is 363 g/mol. The summed E-state index contributed by atoms with van der Waals surface area (Å²) in [6, 6.07) is 5.02. The first-order valence-electron chi connectivity index (χ1n) is 7.46. The second-order valence-electron chi connectivity index (χ2n) is 5.62. The lowest BCUT2D eigenvalue weighted by molar-refractivity contribution is 0.589. The summed E-state index contributed by atoms with van der Waals surface area (Å²) in [6.45, 7) is 0. The third kappa shape index (κ3) is 2.24. The van der Waals surface area contributed by atoms with Gasteiger partial charge in [-0.3, -0.25) is 0 Å². The summed E-state index contributed by atoms with van der Waals surface area (Å²) < 4.78 is 41.3. The molecule has 1 aromatic carbocycles. The van der Waals surface area contributed by atoms with Crippen molar-refractivity contribution in [1.29, 1.82) is 0 Å². The van der Waals surface area contributed by atoms with Gasteiger partial charge in [-0.2, -0.15) is 5.10 Å². The average molecular weight is 363 g/mol. The van der Waals surface area contributed by atoms with Gasteiger partial charge in [-0.15, -0.1) is 11.8 Å². The van der Waals surface area contributed by atoms with Crippen LogP contribution in [-0.2, 0) is 22.7 Å². The van der Waals surface area contributed by atoms with Crippen LogP contribution in [0.2, 0.25) is 0 Å². The summed E-state index contributed by atoms with van der Waals surface area (Å²) in [5.41, 5.74) is 2.42. The molecule has 0 saturated heterocycles. The second kappa shape index (κ2) is 5.56. The zero-order valence-corrected chi connectivity index (χ0v) is 14.5. The first kappa shape index (κ1) is 15.6. The smallest absolute Gasteiger partial charge is 0.213 e. The Labute approximate surface area is 142 Å². The van der Waals surface area contributed by atoms with Crippen LogP contribution in [0.25, 0.3) is 5.65 Å². The van der Waals surface area contributed by atoms with E-state index in [1.165, 1.54) is 30.0 Å². The number of aromatic nitrogens is 3. The number of benzene rings is 1. The summed E-state index contributed by atoms with van der Waals surface area (Å²) in [5, 5.41) is 4.84. The van der Waals surface area contributed by atoms with Crippen molar-refractivity contribution in [2.24, 2.45) is 0 Å². The van der Waals surface area contributed by atoms with E-state index in [4.69, 9.17) is 0 Å². The molecular weight excluding hydrogens is 349 g/mol. The highest BCUT2D eigenvalue weighted by atomic mass is 32.2. The molecule has 0 atom stereocenters. The lowest BCUT2D eigenvalue weighted by Gasteiger charge is -2.05. The lowest BCUT2D eigenvalue weighted by Crippen LogP contribution is -2.05. The molecule has 0 unspecified atom stereocenters. The molecule has 0 radical (unpaired) electrons. The zero-order valence-electron chi connectivity index (χ0n) is 12.9. The molecule has 0 fully saturated rings. The molecule has 5 nitrogen and oxygen atoms in total. The molecule has 0 spiro atoms. The van der Waals surface area contributed by atoms with Gasteiger partial charge in [-0.05, 0) is 49.3 Å². The maximum atomic E-state index is 13.5. The fourth-order valence-electron chi connectivity index (χ4n) is 3.07. The number of hydrogen-bond donors (Lipinski definition) is 0. The van der Waals surface area contributed by atoms with Crippen LogP contribution in [0, 0.1) is 5.82 Å². The van der Waals surface area contributed by atoms with Crippen molar-refractivity contribution in [2.45, 2.75) is 34.1 Å². The third-order valence-electron chi connectivity index (χ3n) is 4.19. The van der Waals surface area contributed by atoms with Crippen LogP contribution < -0.4 is 0 Å². The van der Waals surface area contributed by atoms with Crippen molar-refractivity contribution in [2.75, 3.05) is 6.26 Å². The Balaban J connectivity index is 2.03. The van der Waals surface area contributed by atoms with Crippen molar-refractivity contribution < 1.29 is 12.8 Å². The molecule has 0 N–H and O–H groups in total. The quantitative estimate of drug-likeness (QED) is 0.670. The normalized spacial score (nSPS) is 14.2. The zero-order chi connectivity index (χ0) is 16.9. The molecule has 0 amide bonds. The first-order valence-corrected chi connectivity index (χ1v) is 10.2. The van der Waals surface area contributed by atoms with Gasteiger partial charge < -0.3 is 0 Å². The minimum atomic E-state index is -3.91. The molecular formula is C16H14FN3O2S2. The number of halogens is 1. The first-order chi connectivity index (χ1) is 11.5. The summed E-state index contributed by atoms with van der Waals surface area (Å²) in [7, 11) is -3.91. The molecule has 2 aromatic heterocycles. The van der Waals surface area contributed by atoms with Crippen LogP contribution in [0.4, 0.5) is 4.39 Å². The molecule has 8 heteroatoms. The molecule has 0 saturated carbocycles. The minimum Gasteiger partial charge on any atom is -0.236 e. The Bertz CT molecular complexity index is 1060. The number of fused-ring (bicyclic) bond motifs is 3. The van der Waals surface area contributed by atoms with E-state index in [0.29, 0.717) is 10.7 Å². The number of rotatable bonds is 3. The number of hydrogen-bond acceptors (Lipinski definition) is 5. The van der Waals surface area contributed by atoms with Crippen LogP contribution in [0.15, 0.2) is 45.3 Å². The van der Waals surface area contributed by atoms with Crippen molar-refractivity contribution >= 4 is 27.2 Å². The van der Waals surface area contributed by atoms with Gasteiger partial charge in [0.2, 0.25) is 9.84 Å². The summed E-state index contributed by atoms with van der Waals surface area (Å²) in [4.78, 5) is 4.31.